The summed E-state index contributed by atoms with van der Waals surface area (Å²) in [6, 6.07) is 18.6. The molecule has 0 fully saturated rings. The number of nitrogen functional groups attached to an aromatic ring is 1. The highest BCUT2D eigenvalue weighted by molar-refractivity contribution is 8.22. The first-order valence-electron chi connectivity index (χ1n) is 14.2. The summed E-state index contributed by atoms with van der Waals surface area (Å²) < 4.78 is 66.0. The van der Waals surface area contributed by atoms with Crippen LogP contribution in [0.2, 0.25) is 0 Å². The highest BCUT2D eigenvalue weighted by atomic mass is 32.3. The summed E-state index contributed by atoms with van der Waals surface area (Å²) in [7, 11) is -3.24. The van der Waals surface area contributed by atoms with E-state index >= 15 is 0 Å². The van der Waals surface area contributed by atoms with E-state index < -0.39 is 28.6 Å². The van der Waals surface area contributed by atoms with Gasteiger partial charge in [0.15, 0.2) is 5.69 Å². The summed E-state index contributed by atoms with van der Waals surface area (Å²) in [6.45, 7) is 7.46. The van der Waals surface area contributed by atoms with Gasteiger partial charge in [-0.05, 0) is 48.5 Å². The summed E-state index contributed by atoms with van der Waals surface area (Å²) in [5, 5.41) is 13.9. The van der Waals surface area contributed by atoms with Crippen LogP contribution in [-0.2, 0) is 12.7 Å². The molecule has 1 aliphatic heterocycles. The maximum absolute atomic E-state index is 13.6. The van der Waals surface area contributed by atoms with E-state index in [0.717, 1.165) is 23.3 Å². The van der Waals surface area contributed by atoms with Gasteiger partial charge in [0.1, 0.15) is 11.5 Å². The quantitative estimate of drug-likeness (QED) is 0.101. The van der Waals surface area contributed by atoms with Gasteiger partial charge in [0.2, 0.25) is 0 Å². The zero-order valence-electron chi connectivity index (χ0n) is 24.7. The number of benzene rings is 3. The Morgan fingerprint density at radius 1 is 1.07 bits per heavy atom. The molecule has 1 aromatic heterocycles. The summed E-state index contributed by atoms with van der Waals surface area (Å²) in [6.07, 6.45) is -4.80. The predicted octanol–water partition coefficient (Wildman–Crippen LogP) is 6.28. The van der Waals surface area contributed by atoms with Gasteiger partial charge < -0.3 is 16.0 Å². The zero-order chi connectivity index (χ0) is 32.5. The lowest BCUT2D eigenvalue weighted by Crippen LogP contribution is -2.34. The monoisotopic (exact) mass is 641 g/mol. The van der Waals surface area contributed by atoms with Crippen molar-refractivity contribution in [1.29, 1.82) is 5.41 Å². The summed E-state index contributed by atoms with van der Waals surface area (Å²) in [5.74, 6) is -1.12. The second-order valence-corrected chi connectivity index (χ2v) is 12.5. The molecule has 45 heavy (non-hydrogen) atoms. The first-order valence-corrected chi connectivity index (χ1v) is 15.7. The highest BCUT2D eigenvalue weighted by Gasteiger charge is 2.38. The largest absolute Gasteiger partial charge is 0.435 e. The van der Waals surface area contributed by atoms with Gasteiger partial charge in [0.05, 0.1) is 10.6 Å². The SMILES string of the molecule is CCN(CC)CCN1Cc2cccc(-c3ccc(NC(=O)c4cc(C(F)(F)F)nn4-c4cccc(C(=N)N)c4)cc3)c2S1(O)O. The minimum Gasteiger partial charge on any atom is -0.384 e. The van der Waals surface area contributed by atoms with Crippen LogP contribution < -0.4 is 11.1 Å². The average molecular weight is 642 g/mol. The standard InChI is InChI=1S/C31H34F3N7O3S/c1-3-39(4-2)15-16-40-19-22-8-6-10-25(28(22)45(40,43)44)20-11-13-23(14-12-20)37-30(42)26-18-27(31(32,33)34)38-41(26)24-9-5-7-21(17-24)29(35)36/h5-14,17-18,43-44H,3-4,15-16,19H2,1-2H3,(H3,35,36)(H,37,42). The van der Waals surface area contributed by atoms with Crippen LogP contribution >= 0.6 is 10.8 Å². The first-order chi connectivity index (χ1) is 21.3. The highest BCUT2D eigenvalue weighted by Crippen LogP contribution is 2.61. The van der Waals surface area contributed by atoms with Crippen LogP contribution in [0.5, 0.6) is 0 Å². The fourth-order valence-electron chi connectivity index (χ4n) is 5.28. The topological polar surface area (TPSA) is 144 Å². The van der Waals surface area contributed by atoms with Gasteiger partial charge >= 0.3 is 6.18 Å². The van der Waals surface area contributed by atoms with Crippen molar-refractivity contribution in [2.24, 2.45) is 5.73 Å². The fraction of sp³-hybridized carbons (Fsp3) is 0.258. The van der Waals surface area contributed by atoms with Crippen molar-refractivity contribution in [3.8, 4) is 16.8 Å². The molecule has 1 aliphatic rings. The minimum absolute atomic E-state index is 0.127. The van der Waals surface area contributed by atoms with Crippen molar-refractivity contribution in [3.63, 3.8) is 0 Å². The number of carbonyl (C=O) groups excluding carboxylic acids is 1. The number of carbonyl (C=O) groups is 1. The Morgan fingerprint density at radius 2 is 1.76 bits per heavy atom. The Kier molecular flexibility index (Phi) is 9.05. The third-order valence-corrected chi connectivity index (χ3v) is 9.79. The van der Waals surface area contributed by atoms with Gasteiger partial charge in [0.25, 0.3) is 5.91 Å². The third kappa shape index (κ3) is 6.60. The molecule has 0 radical (unpaired) electrons. The number of hydrogen-bond donors (Lipinski definition) is 5. The molecule has 0 saturated carbocycles. The van der Waals surface area contributed by atoms with Crippen LogP contribution in [-0.4, -0.2) is 66.0 Å². The van der Waals surface area contributed by atoms with Crippen LogP contribution in [0, 0.1) is 5.41 Å². The smallest absolute Gasteiger partial charge is 0.384 e. The van der Waals surface area contributed by atoms with Crippen LogP contribution in [0.1, 0.15) is 41.2 Å². The van der Waals surface area contributed by atoms with E-state index in [1.54, 1.807) is 34.6 Å². The second-order valence-electron chi connectivity index (χ2n) is 10.5. The van der Waals surface area contributed by atoms with Gasteiger partial charge in [-0.3, -0.25) is 19.3 Å². The van der Waals surface area contributed by atoms with E-state index in [0.29, 0.717) is 47.4 Å². The molecular formula is C31H34F3N7O3S. The number of aromatic nitrogens is 2. The molecule has 10 nitrogen and oxygen atoms in total. The molecule has 0 saturated heterocycles. The predicted molar refractivity (Wildman–Crippen MR) is 169 cm³/mol. The van der Waals surface area contributed by atoms with Gasteiger partial charge in [-0.25, -0.2) is 4.68 Å². The zero-order valence-corrected chi connectivity index (χ0v) is 25.5. The van der Waals surface area contributed by atoms with E-state index in [4.69, 9.17) is 11.1 Å². The van der Waals surface area contributed by atoms with Crippen molar-refractivity contribution in [1.82, 2.24) is 19.0 Å². The summed E-state index contributed by atoms with van der Waals surface area (Å²) in [4.78, 5) is 16.0. The number of nitrogens with one attached hydrogen (secondary N) is 2. The lowest BCUT2D eigenvalue weighted by atomic mass is 10.0. The van der Waals surface area contributed by atoms with Crippen molar-refractivity contribution in [2.75, 3.05) is 31.5 Å². The molecule has 3 aromatic carbocycles. The molecule has 0 bridgehead atoms. The molecule has 1 amide bonds. The Bertz CT molecular complexity index is 1720. The number of amides is 1. The number of likely N-dealkylation sites (N-methyl/N-ethyl adjacent to an activating group) is 1. The van der Waals surface area contributed by atoms with E-state index in [-0.39, 0.29) is 22.8 Å². The molecule has 2 heterocycles. The molecule has 5 rings (SSSR count). The lowest BCUT2D eigenvalue weighted by molar-refractivity contribution is -0.141. The number of nitrogens with two attached hydrogens (primary N) is 1. The first kappa shape index (κ1) is 32.2. The summed E-state index contributed by atoms with van der Waals surface area (Å²) >= 11 is 0. The molecular weight excluding hydrogens is 607 g/mol. The summed E-state index contributed by atoms with van der Waals surface area (Å²) in [5.41, 5.74) is 6.77. The van der Waals surface area contributed by atoms with Crippen LogP contribution in [0.3, 0.4) is 0 Å². The van der Waals surface area contributed by atoms with E-state index in [1.807, 2.05) is 12.1 Å². The number of halogens is 3. The maximum Gasteiger partial charge on any atom is 0.435 e. The fourth-order valence-corrected chi connectivity index (χ4v) is 7.16. The Hall–Kier alpha value is -4.21. The molecule has 238 valence electrons. The number of anilines is 1. The Balaban J connectivity index is 1.40. The van der Waals surface area contributed by atoms with Gasteiger partial charge in [-0.2, -0.15) is 22.6 Å². The number of hydrogen-bond acceptors (Lipinski definition) is 7. The molecule has 4 aromatic rings. The van der Waals surface area contributed by atoms with Crippen molar-refractivity contribution >= 4 is 28.2 Å². The van der Waals surface area contributed by atoms with E-state index in [2.05, 4.69) is 29.2 Å². The van der Waals surface area contributed by atoms with E-state index in [1.165, 1.54) is 24.3 Å². The van der Waals surface area contributed by atoms with Crippen LogP contribution in [0.15, 0.2) is 77.7 Å². The van der Waals surface area contributed by atoms with E-state index in [9.17, 15) is 27.1 Å². The molecule has 6 N–H and O–H groups in total. The molecule has 14 heteroatoms. The second kappa shape index (κ2) is 12.7. The lowest BCUT2D eigenvalue weighted by Gasteiger charge is -2.39. The minimum atomic E-state index is -4.80. The third-order valence-electron chi connectivity index (χ3n) is 7.73. The van der Waals surface area contributed by atoms with Crippen molar-refractivity contribution in [3.05, 3.63) is 95.3 Å². The average Bonchev–Trinajstić information content (AvgIpc) is 3.58. The van der Waals surface area contributed by atoms with Gasteiger partial charge in [0, 0.05) is 42.5 Å². The molecule has 0 atom stereocenters. The van der Waals surface area contributed by atoms with Crippen LogP contribution in [0.25, 0.3) is 16.8 Å². The van der Waals surface area contributed by atoms with Gasteiger partial charge in [-0.1, -0.05) is 56.3 Å². The number of nitrogens with zero attached hydrogens (tertiary/aromatic N) is 4. The van der Waals surface area contributed by atoms with Crippen molar-refractivity contribution < 1.29 is 27.1 Å². The van der Waals surface area contributed by atoms with Gasteiger partial charge in [-0.15, -0.1) is 10.8 Å². The number of rotatable bonds is 10. The normalized spacial score (nSPS) is 15.2. The van der Waals surface area contributed by atoms with Crippen LogP contribution in [0.4, 0.5) is 18.9 Å². The Labute approximate surface area is 260 Å². The number of alkyl halides is 3. The molecule has 0 aliphatic carbocycles. The maximum atomic E-state index is 13.6. The number of amidine groups is 1. The molecule has 0 spiro atoms. The molecule has 0 unspecified atom stereocenters. The van der Waals surface area contributed by atoms with Crippen molar-refractivity contribution in [2.45, 2.75) is 31.5 Å². The number of fused-ring (bicyclic) bond motifs is 1. The Morgan fingerprint density at radius 3 is 2.40 bits per heavy atom.